The molecule has 1 amide bonds. The van der Waals surface area contributed by atoms with E-state index in [9.17, 15) is 4.79 Å². The first-order valence-corrected chi connectivity index (χ1v) is 6.25. The highest BCUT2D eigenvalue weighted by Gasteiger charge is 2.11. The molecule has 0 radical (unpaired) electrons. The summed E-state index contributed by atoms with van der Waals surface area (Å²) >= 11 is 1.53. The summed E-state index contributed by atoms with van der Waals surface area (Å²) in [6.45, 7) is 2.64. The van der Waals surface area contributed by atoms with Crippen molar-refractivity contribution in [2.75, 3.05) is 6.54 Å². The van der Waals surface area contributed by atoms with E-state index in [1.54, 1.807) is 0 Å². The Morgan fingerprint density at radius 2 is 2.47 bits per heavy atom. The summed E-state index contributed by atoms with van der Waals surface area (Å²) in [4.78, 5) is 11.7. The van der Waals surface area contributed by atoms with Crippen LogP contribution >= 0.6 is 11.3 Å². The summed E-state index contributed by atoms with van der Waals surface area (Å²) in [5.74, 6) is -0.0113. The van der Waals surface area contributed by atoms with E-state index in [0.717, 1.165) is 24.8 Å². The van der Waals surface area contributed by atoms with E-state index in [1.165, 1.54) is 11.3 Å². The van der Waals surface area contributed by atoms with Gasteiger partial charge in [-0.2, -0.15) is 11.3 Å². The first kappa shape index (κ1) is 12.2. The smallest absolute Gasteiger partial charge is 0.252 e. The Bertz CT molecular complexity index is 285. The fraction of sp³-hybridized carbons (Fsp3) is 0.545. The molecule has 0 saturated carbocycles. The molecule has 0 aliphatic carbocycles. The summed E-state index contributed by atoms with van der Waals surface area (Å²) in [7, 11) is 0. The van der Waals surface area contributed by atoms with Crippen LogP contribution in [0.1, 0.15) is 36.5 Å². The van der Waals surface area contributed by atoms with Crippen LogP contribution < -0.4 is 11.1 Å². The van der Waals surface area contributed by atoms with Crippen LogP contribution in [0.2, 0.25) is 0 Å². The molecule has 3 N–H and O–H groups in total. The number of thiophene rings is 1. The van der Waals surface area contributed by atoms with E-state index in [2.05, 4.69) is 12.2 Å². The van der Waals surface area contributed by atoms with Crippen molar-refractivity contribution in [3.8, 4) is 0 Å². The summed E-state index contributed by atoms with van der Waals surface area (Å²) < 4.78 is 0. The van der Waals surface area contributed by atoms with E-state index < -0.39 is 0 Å². The van der Waals surface area contributed by atoms with Gasteiger partial charge >= 0.3 is 0 Å². The Morgan fingerprint density at radius 1 is 1.67 bits per heavy atom. The van der Waals surface area contributed by atoms with Crippen molar-refractivity contribution in [2.45, 2.75) is 32.2 Å². The third-order valence-corrected chi connectivity index (χ3v) is 2.99. The number of hydrogen-bond donors (Lipinski definition) is 2. The van der Waals surface area contributed by atoms with Crippen molar-refractivity contribution < 1.29 is 4.79 Å². The minimum atomic E-state index is -0.0113. The molecule has 1 unspecified atom stereocenters. The normalized spacial score (nSPS) is 12.4. The third-order valence-electron chi connectivity index (χ3n) is 2.31. The van der Waals surface area contributed by atoms with Gasteiger partial charge in [-0.15, -0.1) is 0 Å². The van der Waals surface area contributed by atoms with Gasteiger partial charge in [0.25, 0.3) is 5.91 Å². The van der Waals surface area contributed by atoms with Crippen LogP contribution in [-0.4, -0.2) is 18.5 Å². The van der Waals surface area contributed by atoms with Gasteiger partial charge in [-0.25, -0.2) is 0 Å². The van der Waals surface area contributed by atoms with Crippen LogP contribution in [0, 0.1) is 0 Å². The average molecular weight is 226 g/mol. The van der Waals surface area contributed by atoms with Gasteiger partial charge < -0.3 is 11.1 Å². The maximum absolute atomic E-state index is 11.7. The molecule has 0 aromatic carbocycles. The molecule has 0 bridgehead atoms. The molecular formula is C11H18N2OS. The second kappa shape index (κ2) is 6.58. The largest absolute Gasteiger partial charge is 0.348 e. The average Bonchev–Trinajstić information content (AvgIpc) is 2.77. The highest BCUT2D eigenvalue weighted by molar-refractivity contribution is 7.08. The molecule has 0 fully saturated rings. The molecule has 1 aromatic heterocycles. The molecule has 0 spiro atoms. The van der Waals surface area contributed by atoms with Crippen molar-refractivity contribution >= 4 is 17.2 Å². The van der Waals surface area contributed by atoms with Crippen LogP contribution in [0.5, 0.6) is 0 Å². The Hall–Kier alpha value is -0.870. The van der Waals surface area contributed by atoms with Gasteiger partial charge in [-0.1, -0.05) is 19.8 Å². The van der Waals surface area contributed by atoms with E-state index in [0.29, 0.717) is 6.54 Å². The lowest BCUT2D eigenvalue weighted by Gasteiger charge is -2.15. The van der Waals surface area contributed by atoms with Crippen molar-refractivity contribution in [3.63, 3.8) is 0 Å². The van der Waals surface area contributed by atoms with E-state index >= 15 is 0 Å². The maximum atomic E-state index is 11.7. The van der Waals surface area contributed by atoms with Crippen LogP contribution in [0.4, 0.5) is 0 Å². The first-order valence-electron chi connectivity index (χ1n) is 5.31. The number of hydrogen-bond acceptors (Lipinski definition) is 3. The summed E-state index contributed by atoms with van der Waals surface area (Å²) in [6.07, 6.45) is 3.19. The van der Waals surface area contributed by atoms with Crippen LogP contribution in [0.3, 0.4) is 0 Å². The van der Waals surface area contributed by atoms with Crippen molar-refractivity contribution in [3.05, 3.63) is 22.4 Å². The highest BCUT2D eigenvalue weighted by atomic mass is 32.1. The monoisotopic (exact) mass is 226 g/mol. The Morgan fingerprint density at radius 3 is 3.00 bits per heavy atom. The number of nitrogens with one attached hydrogen (secondary N) is 1. The zero-order valence-electron chi connectivity index (χ0n) is 9.03. The number of unbranched alkanes of at least 4 members (excludes halogenated alkanes) is 1. The quantitative estimate of drug-likeness (QED) is 0.779. The summed E-state index contributed by atoms with van der Waals surface area (Å²) in [5, 5.41) is 6.70. The maximum Gasteiger partial charge on any atom is 0.252 e. The molecule has 0 aliphatic heterocycles. The molecular weight excluding hydrogens is 208 g/mol. The van der Waals surface area contributed by atoms with Gasteiger partial charge in [0.15, 0.2) is 0 Å². The second-order valence-electron chi connectivity index (χ2n) is 3.56. The number of carbonyl (C=O) groups is 1. The number of nitrogens with two attached hydrogens (primary N) is 1. The molecule has 0 saturated heterocycles. The Balaban J connectivity index is 2.41. The van der Waals surface area contributed by atoms with Crippen molar-refractivity contribution in [1.29, 1.82) is 0 Å². The zero-order valence-corrected chi connectivity index (χ0v) is 9.85. The Kier molecular flexibility index (Phi) is 5.36. The van der Waals surface area contributed by atoms with Gasteiger partial charge in [0.2, 0.25) is 0 Å². The SMILES string of the molecule is CCCCC(CN)NC(=O)c1ccsc1. The minimum Gasteiger partial charge on any atom is -0.348 e. The molecule has 1 heterocycles. The first-order chi connectivity index (χ1) is 7.27. The molecule has 15 heavy (non-hydrogen) atoms. The van der Waals surface area contributed by atoms with Gasteiger partial charge in [0.05, 0.1) is 0 Å². The number of carbonyl (C=O) groups excluding carboxylic acids is 1. The van der Waals surface area contributed by atoms with Gasteiger partial charge in [-0.3, -0.25) is 4.79 Å². The lowest BCUT2D eigenvalue weighted by Crippen LogP contribution is -2.39. The molecule has 0 aliphatic rings. The molecule has 1 rings (SSSR count). The summed E-state index contributed by atoms with van der Waals surface area (Å²) in [5.41, 5.74) is 6.33. The van der Waals surface area contributed by atoms with Gasteiger partial charge in [0, 0.05) is 23.5 Å². The van der Waals surface area contributed by atoms with E-state index in [-0.39, 0.29) is 11.9 Å². The van der Waals surface area contributed by atoms with Crippen LogP contribution in [-0.2, 0) is 0 Å². The van der Waals surface area contributed by atoms with Crippen LogP contribution in [0.25, 0.3) is 0 Å². The number of amides is 1. The minimum absolute atomic E-state index is 0.0113. The fourth-order valence-corrected chi connectivity index (χ4v) is 2.00. The van der Waals surface area contributed by atoms with Gasteiger partial charge in [0.1, 0.15) is 0 Å². The molecule has 1 aromatic rings. The lowest BCUT2D eigenvalue weighted by molar-refractivity contribution is 0.0936. The summed E-state index contributed by atoms with van der Waals surface area (Å²) in [6, 6.07) is 1.94. The molecule has 4 heteroatoms. The number of rotatable bonds is 6. The topological polar surface area (TPSA) is 55.1 Å². The predicted octanol–water partition coefficient (Wildman–Crippen LogP) is 2.00. The van der Waals surface area contributed by atoms with Gasteiger partial charge in [-0.05, 0) is 17.9 Å². The predicted molar refractivity (Wildman–Crippen MR) is 64.2 cm³/mol. The molecule has 3 nitrogen and oxygen atoms in total. The standard InChI is InChI=1S/C11H18N2OS/c1-2-3-4-10(7-12)13-11(14)9-5-6-15-8-9/h5-6,8,10H,2-4,7,12H2,1H3,(H,13,14). The molecule has 84 valence electrons. The highest BCUT2D eigenvalue weighted by Crippen LogP contribution is 2.07. The third kappa shape index (κ3) is 4.01. The van der Waals surface area contributed by atoms with Crippen molar-refractivity contribution in [1.82, 2.24) is 5.32 Å². The Labute approximate surface area is 94.7 Å². The van der Waals surface area contributed by atoms with Crippen LogP contribution in [0.15, 0.2) is 16.8 Å². The second-order valence-corrected chi connectivity index (χ2v) is 4.34. The lowest BCUT2D eigenvalue weighted by atomic mass is 10.1. The van der Waals surface area contributed by atoms with E-state index in [4.69, 9.17) is 5.73 Å². The molecule has 1 atom stereocenters. The zero-order chi connectivity index (χ0) is 11.1. The van der Waals surface area contributed by atoms with E-state index in [1.807, 2.05) is 16.8 Å². The van der Waals surface area contributed by atoms with Crippen molar-refractivity contribution in [2.24, 2.45) is 5.73 Å². The fourth-order valence-electron chi connectivity index (χ4n) is 1.36.